The molecule has 1 heterocycles. The number of halogens is 1. The van der Waals surface area contributed by atoms with Crippen LogP contribution in [0.25, 0.3) is 0 Å². The summed E-state index contributed by atoms with van der Waals surface area (Å²) in [5.74, 6) is 0.719. The zero-order valence-electron chi connectivity index (χ0n) is 8.57. The molecule has 0 fully saturated rings. The molecule has 1 aromatic heterocycles. The number of rotatable bonds is 5. The highest BCUT2D eigenvalue weighted by molar-refractivity contribution is 4.82. The SMILES string of the molecule is CC(C)(F)CCn1nnnc1CCN. The molecule has 1 rings (SSSR count). The Morgan fingerprint density at radius 3 is 2.79 bits per heavy atom. The Balaban J connectivity index is 2.53. The van der Waals surface area contributed by atoms with Crippen molar-refractivity contribution in [1.82, 2.24) is 20.2 Å². The molecule has 0 bridgehead atoms. The third-order valence-electron chi connectivity index (χ3n) is 1.89. The largest absolute Gasteiger partial charge is 0.330 e. The Morgan fingerprint density at radius 1 is 1.50 bits per heavy atom. The first-order chi connectivity index (χ1) is 6.53. The van der Waals surface area contributed by atoms with Crippen LogP contribution in [0.15, 0.2) is 0 Å². The lowest BCUT2D eigenvalue weighted by Crippen LogP contribution is -2.18. The van der Waals surface area contributed by atoms with Gasteiger partial charge in [0.15, 0.2) is 5.82 Å². The number of alkyl halides is 1. The predicted molar refractivity (Wildman–Crippen MR) is 50.4 cm³/mol. The molecule has 0 atom stereocenters. The molecule has 0 radical (unpaired) electrons. The predicted octanol–water partition coefficient (Wildman–Crippen LogP) is 0.313. The number of hydrogen-bond acceptors (Lipinski definition) is 4. The third-order valence-corrected chi connectivity index (χ3v) is 1.89. The van der Waals surface area contributed by atoms with Crippen molar-refractivity contribution in [1.29, 1.82) is 0 Å². The van der Waals surface area contributed by atoms with Gasteiger partial charge < -0.3 is 5.73 Å². The number of tetrazole rings is 1. The molecule has 0 unspecified atom stereocenters. The number of aryl methyl sites for hydroxylation is 1. The zero-order chi connectivity index (χ0) is 10.6. The van der Waals surface area contributed by atoms with E-state index < -0.39 is 5.67 Å². The molecule has 0 saturated heterocycles. The Labute approximate surface area is 82.5 Å². The normalized spacial score (nSPS) is 12.0. The van der Waals surface area contributed by atoms with Crippen molar-refractivity contribution in [2.75, 3.05) is 6.54 Å². The quantitative estimate of drug-likeness (QED) is 0.744. The fraction of sp³-hybridized carbons (Fsp3) is 0.875. The fourth-order valence-electron chi connectivity index (χ4n) is 1.08. The monoisotopic (exact) mass is 201 g/mol. The van der Waals surface area contributed by atoms with Gasteiger partial charge in [0.05, 0.1) is 0 Å². The average molecular weight is 201 g/mol. The molecule has 0 amide bonds. The van der Waals surface area contributed by atoms with Crippen LogP contribution >= 0.6 is 0 Å². The van der Waals surface area contributed by atoms with Gasteiger partial charge in [-0.05, 0) is 30.8 Å². The van der Waals surface area contributed by atoms with E-state index in [0.29, 0.717) is 25.9 Å². The van der Waals surface area contributed by atoms with E-state index in [1.165, 1.54) is 0 Å². The summed E-state index contributed by atoms with van der Waals surface area (Å²) in [6.07, 6.45) is 1.02. The van der Waals surface area contributed by atoms with Gasteiger partial charge >= 0.3 is 0 Å². The van der Waals surface area contributed by atoms with E-state index >= 15 is 0 Å². The lowest BCUT2D eigenvalue weighted by molar-refractivity contribution is 0.188. The molecule has 80 valence electrons. The van der Waals surface area contributed by atoms with E-state index in [4.69, 9.17) is 5.73 Å². The van der Waals surface area contributed by atoms with Gasteiger partial charge in [-0.15, -0.1) is 5.10 Å². The standard InChI is InChI=1S/C8H16FN5/c1-8(2,9)4-6-14-7(3-5-10)11-12-13-14/h3-6,10H2,1-2H3. The van der Waals surface area contributed by atoms with Crippen molar-refractivity contribution in [3.05, 3.63) is 5.82 Å². The first kappa shape index (κ1) is 11.0. The molecule has 14 heavy (non-hydrogen) atoms. The average Bonchev–Trinajstić information content (AvgIpc) is 2.48. The highest BCUT2D eigenvalue weighted by Gasteiger charge is 2.16. The van der Waals surface area contributed by atoms with E-state index in [0.717, 1.165) is 5.82 Å². The lowest BCUT2D eigenvalue weighted by atomic mass is 10.1. The van der Waals surface area contributed by atoms with Crippen LogP contribution in [0.4, 0.5) is 4.39 Å². The third kappa shape index (κ3) is 3.37. The van der Waals surface area contributed by atoms with Crippen LogP contribution in [0.3, 0.4) is 0 Å². The van der Waals surface area contributed by atoms with E-state index in [1.807, 2.05) is 0 Å². The van der Waals surface area contributed by atoms with E-state index in [1.54, 1.807) is 18.5 Å². The molecule has 2 N–H and O–H groups in total. The van der Waals surface area contributed by atoms with Gasteiger partial charge in [-0.1, -0.05) is 0 Å². The lowest BCUT2D eigenvalue weighted by Gasteiger charge is -2.13. The fourth-order valence-corrected chi connectivity index (χ4v) is 1.08. The summed E-state index contributed by atoms with van der Waals surface area (Å²) in [5.41, 5.74) is 4.20. The molecule has 0 spiro atoms. The molecule has 0 aromatic carbocycles. The maximum absolute atomic E-state index is 13.2. The second-order valence-corrected chi connectivity index (χ2v) is 3.83. The van der Waals surface area contributed by atoms with E-state index in [9.17, 15) is 4.39 Å². The first-order valence-corrected chi connectivity index (χ1v) is 4.67. The smallest absolute Gasteiger partial charge is 0.152 e. The minimum atomic E-state index is -1.19. The van der Waals surface area contributed by atoms with Gasteiger partial charge in [-0.3, -0.25) is 0 Å². The minimum Gasteiger partial charge on any atom is -0.330 e. The molecule has 5 nitrogen and oxygen atoms in total. The van der Waals surface area contributed by atoms with Crippen LogP contribution in [-0.2, 0) is 13.0 Å². The summed E-state index contributed by atoms with van der Waals surface area (Å²) in [6, 6.07) is 0. The molecule has 1 aromatic rings. The zero-order valence-corrected chi connectivity index (χ0v) is 8.57. The summed E-state index contributed by atoms with van der Waals surface area (Å²) < 4.78 is 14.8. The first-order valence-electron chi connectivity index (χ1n) is 4.67. The Bertz CT molecular complexity index is 278. The molecule has 0 aliphatic carbocycles. The maximum atomic E-state index is 13.2. The van der Waals surface area contributed by atoms with Crippen LogP contribution in [-0.4, -0.2) is 32.4 Å². The summed E-state index contributed by atoms with van der Waals surface area (Å²) in [4.78, 5) is 0. The molecule has 6 heteroatoms. The number of aromatic nitrogens is 4. The molecule has 0 saturated carbocycles. The van der Waals surface area contributed by atoms with Gasteiger partial charge in [0.1, 0.15) is 5.67 Å². The van der Waals surface area contributed by atoms with Crippen molar-refractivity contribution < 1.29 is 4.39 Å². The summed E-state index contributed by atoms with van der Waals surface area (Å²) in [5, 5.41) is 11.1. The summed E-state index contributed by atoms with van der Waals surface area (Å²) in [7, 11) is 0. The molecule has 0 aliphatic rings. The van der Waals surface area contributed by atoms with Gasteiger partial charge in [0, 0.05) is 19.4 Å². The van der Waals surface area contributed by atoms with Crippen molar-refractivity contribution in [2.24, 2.45) is 5.73 Å². The number of nitrogens with two attached hydrogens (primary N) is 1. The van der Waals surface area contributed by atoms with Gasteiger partial charge in [-0.25, -0.2) is 9.07 Å². The molecular weight excluding hydrogens is 185 g/mol. The van der Waals surface area contributed by atoms with E-state index in [2.05, 4.69) is 15.5 Å². The Morgan fingerprint density at radius 2 is 2.21 bits per heavy atom. The van der Waals surface area contributed by atoms with Crippen LogP contribution in [0.2, 0.25) is 0 Å². The topological polar surface area (TPSA) is 69.6 Å². The van der Waals surface area contributed by atoms with Crippen molar-refractivity contribution >= 4 is 0 Å². The van der Waals surface area contributed by atoms with Gasteiger partial charge in [0.2, 0.25) is 0 Å². The highest BCUT2D eigenvalue weighted by Crippen LogP contribution is 2.14. The van der Waals surface area contributed by atoms with Crippen LogP contribution in [0.1, 0.15) is 26.1 Å². The highest BCUT2D eigenvalue weighted by atomic mass is 19.1. The second-order valence-electron chi connectivity index (χ2n) is 3.83. The Kier molecular flexibility index (Phi) is 3.51. The van der Waals surface area contributed by atoms with Gasteiger partial charge in [-0.2, -0.15) is 0 Å². The van der Waals surface area contributed by atoms with E-state index in [-0.39, 0.29) is 0 Å². The number of nitrogens with zero attached hydrogens (tertiary/aromatic N) is 4. The van der Waals surface area contributed by atoms with Crippen molar-refractivity contribution in [3.63, 3.8) is 0 Å². The van der Waals surface area contributed by atoms with Crippen molar-refractivity contribution in [3.8, 4) is 0 Å². The number of hydrogen-bond donors (Lipinski definition) is 1. The maximum Gasteiger partial charge on any atom is 0.152 e. The minimum absolute atomic E-state index is 0.398. The Hall–Kier alpha value is -1.04. The molecule has 0 aliphatic heterocycles. The van der Waals surface area contributed by atoms with Crippen LogP contribution in [0, 0.1) is 0 Å². The summed E-state index contributed by atoms with van der Waals surface area (Å²) >= 11 is 0. The van der Waals surface area contributed by atoms with Gasteiger partial charge in [0.25, 0.3) is 0 Å². The van der Waals surface area contributed by atoms with Crippen molar-refractivity contribution in [2.45, 2.75) is 38.9 Å². The summed E-state index contributed by atoms with van der Waals surface area (Å²) in [6.45, 7) is 4.07. The second kappa shape index (κ2) is 4.45. The molecular formula is C8H16FN5. The van der Waals surface area contributed by atoms with Crippen LogP contribution in [0.5, 0.6) is 0 Å². The van der Waals surface area contributed by atoms with Crippen LogP contribution < -0.4 is 5.73 Å².